The third-order valence-electron chi connectivity index (χ3n) is 4.51. The molecule has 0 amide bonds. The van der Waals surface area contributed by atoms with Crippen LogP contribution in [-0.2, 0) is 12.2 Å². The molecule has 1 heterocycles. The third kappa shape index (κ3) is 4.69. The number of aromatic nitrogens is 3. The minimum absolute atomic E-state index is 0.0817. The number of hydrogen-bond donors (Lipinski definition) is 0. The van der Waals surface area contributed by atoms with Gasteiger partial charge in [-0.1, -0.05) is 65.8 Å². The van der Waals surface area contributed by atoms with E-state index in [1.165, 1.54) is 23.9 Å². The zero-order valence-electron chi connectivity index (χ0n) is 15.8. The molecule has 0 saturated heterocycles. The van der Waals surface area contributed by atoms with Crippen LogP contribution in [0.2, 0.25) is 5.02 Å². The van der Waals surface area contributed by atoms with Crippen LogP contribution in [0, 0.1) is 10.1 Å². The summed E-state index contributed by atoms with van der Waals surface area (Å²) in [6.45, 7) is 0. The molecule has 3 aromatic carbocycles. The van der Waals surface area contributed by atoms with E-state index in [9.17, 15) is 10.1 Å². The molecule has 4 rings (SSSR count). The number of benzene rings is 3. The van der Waals surface area contributed by atoms with Crippen molar-refractivity contribution < 1.29 is 4.92 Å². The number of thioether (sulfide) groups is 1. The van der Waals surface area contributed by atoms with Gasteiger partial charge in [0.05, 0.1) is 4.92 Å². The average molecular weight is 437 g/mol. The first-order valence-electron chi connectivity index (χ1n) is 9.20. The predicted molar refractivity (Wildman–Crippen MR) is 118 cm³/mol. The van der Waals surface area contributed by atoms with Crippen LogP contribution in [-0.4, -0.2) is 19.7 Å². The van der Waals surface area contributed by atoms with Crippen LogP contribution in [0.5, 0.6) is 0 Å². The van der Waals surface area contributed by atoms with Crippen molar-refractivity contribution in [2.75, 3.05) is 0 Å². The van der Waals surface area contributed by atoms with Crippen LogP contribution < -0.4 is 0 Å². The Morgan fingerprint density at radius 3 is 2.27 bits per heavy atom. The highest BCUT2D eigenvalue weighted by Crippen LogP contribution is 2.27. The quantitative estimate of drug-likeness (QED) is 0.210. The van der Waals surface area contributed by atoms with Gasteiger partial charge in [-0.05, 0) is 35.4 Å². The summed E-state index contributed by atoms with van der Waals surface area (Å²) in [5, 5.41) is 21.1. The van der Waals surface area contributed by atoms with E-state index in [1.54, 1.807) is 12.1 Å². The number of hydrogen-bond acceptors (Lipinski definition) is 5. The lowest BCUT2D eigenvalue weighted by Crippen LogP contribution is -2.04. The van der Waals surface area contributed by atoms with Gasteiger partial charge in [-0.15, -0.1) is 10.2 Å². The molecule has 150 valence electrons. The van der Waals surface area contributed by atoms with E-state index in [2.05, 4.69) is 22.3 Å². The van der Waals surface area contributed by atoms with Gasteiger partial charge < -0.3 is 0 Å². The number of nitro benzene ring substituents is 1. The summed E-state index contributed by atoms with van der Waals surface area (Å²) < 4.78 is 2.03. The molecule has 4 aromatic rings. The van der Waals surface area contributed by atoms with Gasteiger partial charge in [-0.3, -0.25) is 14.7 Å². The number of halogens is 1. The SMILES string of the molecule is O=[N+]([O-])c1ccc(CSc2nnc(Cc3ccccc3)n2-c2ccc(Cl)cc2)cc1. The zero-order valence-corrected chi connectivity index (χ0v) is 17.4. The van der Waals surface area contributed by atoms with E-state index >= 15 is 0 Å². The first kappa shape index (κ1) is 20.1. The number of nitrogens with zero attached hydrogens (tertiary/aromatic N) is 4. The van der Waals surface area contributed by atoms with E-state index < -0.39 is 4.92 Å². The van der Waals surface area contributed by atoms with Gasteiger partial charge in [0.25, 0.3) is 5.69 Å². The molecule has 0 aliphatic rings. The second-order valence-corrected chi connectivity index (χ2v) is 7.96. The van der Waals surface area contributed by atoms with Crippen molar-refractivity contribution in [2.24, 2.45) is 0 Å². The van der Waals surface area contributed by atoms with Crippen molar-refractivity contribution in [1.29, 1.82) is 0 Å². The Kier molecular flexibility index (Phi) is 6.11. The minimum Gasteiger partial charge on any atom is -0.274 e. The Morgan fingerprint density at radius 1 is 0.900 bits per heavy atom. The minimum atomic E-state index is -0.399. The normalized spacial score (nSPS) is 10.8. The van der Waals surface area contributed by atoms with Gasteiger partial charge in [-0.25, -0.2) is 0 Å². The average Bonchev–Trinajstić information content (AvgIpc) is 3.16. The molecule has 1 aromatic heterocycles. The second-order valence-electron chi connectivity index (χ2n) is 6.59. The highest BCUT2D eigenvalue weighted by molar-refractivity contribution is 7.98. The summed E-state index contributed by atoms with van der Waals surface area (Å²) in [7, 11) is 0. The Morgan fingerprint density at radius 2 is 1.60 bits per heavy atom. The van der Waals surface area contributed by atoms with Crippen LogP contribution in [0.3, 0.4) is 0 Å². The smallest absolute Gasteiger partial charge is 0.269 e. The van der Waals surface area contributed by atoms with E-state index in [0.717, 1.165) is 27.8 Å². The van der Waals surface area contributed by atoms with Gasteiger partial charge in [0.2, 0.25) is 0 Å². The number of nitro groups is 1. The highest BCUT2D eigenvalue weighted by atomic mass is 35.5. The van der Waals surface area contributed by atoms with Crippen LogP contribution in [0.4, 0.5) is 5.69 Å². The van der Waals surface area contributed by atoms with Gasteiger partial charge in [-0.2, -0.15) is 0 Å². The maximum absolute atomic E-state index is 10.8. The topological polar surface area (TPSA) is 73.8 Å². The maximum atomic E-state index is 10.8. The Labute approximate surface area is 182 Å². The summed E-state index contributed by atoms with van der Waals surface area (Å²) in [5.74, 6) is 1.45. The van der Waals surface area contributed by atoms with E-state index in [-0.39, 0.29) is 5.69 Å². The molecule has 0 aliphatic carbocycles. The maximum Gasteiger partial charge on any atom is 0.269 e. The molecule has 0 fully saturated rings. The summed E-state index contributed by atoms with van der Waals surface area (Å²) in [6, 6.07) is 24.2. The lowest BCUT2D eigenvalue weighted by Gasteiger charge is -2.11. The predicted octanol–water partition coefficient (Wildman–Crippen LogP) is 5.71. The van der Waals surface area contributed by atoms with Crippen LogP contribution in [0.1, 0.15) is 17.0 Å². The molecular weight excluding hydrogens is 420 g/mol. The molecule has 8 heteroatoms. The van der Waals surface area contributed by atoms with Gasteiger partial charge in [0.15, 0.2) is 5.16 Å². The molecule has 30 heavy (non-hydrogen) atoms. The van der Waals surface area contributed by atoms with Crippen molar-refractivity contribution >= 4 is 29.1 Å². The molecule has 0 radical (unpaired) electrons. The monoisotopic (exact) mass is 436 g/mol. The van der Waals surface area contributed by atoms with Gasteiger partial charge >= 0.3 is 0 Å². The zero-order chi connectivity index (χ0) is 20.9. The van der Waals surface area contributed by atoms with Crippen LogP contribution in [0.15, 0.2) is 84.0 Å². The third-order valence-corrected chi connectivity index (χ3v) is 5.76. The molecule has 0 bridgehead atoms. The lowest BCUT2D eigenvalue weighted by molar-refractivity contribution is -0.384. The molecule has 0 aliphatic heterocycles. The van der Waals surface area contributed by atoms with Crippen LogP contribution in [0.25, 0.3) is 5.69 Å². The van der Waals surface area contributed by atoms with Crippen molar-refractivity contribution in [3.63, 3.8) is 0 Å². The molecule has 0 spiro atoms. The highest BCUT2D eigenvalue weighted by Gasteiger charge is 2.15. The van der Waals surface area contributed by atoms with Gasteiger partial charge in [0, 0.05) is 35.0 Å². The summed E-state index contributed by atoms with van der Waals surface area (Å²) in [4.78, 5) is 10.4. The fourth-order valence-corrected chi connectivity index (χ4v) is 4.05. The van der Waals surface area contributed by atoms with Crippen molar-refractivity contribution in [3.05, 3.63) is 111 Å². The van der Waals surface area contributed by atoms with E-state index in [1.807, 2.05) is 47.0 Å². The summed E-state index contributed by atoms with van der Waals surface area (Å²) in [6.07, 6.45) is 0.647. The second kappa shape index (κ2) is 9.11. The first-order chi connectivity index (χ1) is 14.6. The molecule has 0 saturated carbocycles. The number of rotatable bonds is 7. The molecular formula is C22H17ClN4O2S. The fraction of sp³-hybridized carbons (Fsp3) is 0.0909. The molecule has 0 N–H and O–H groups in total. The summed E-state index contributed by atoms with van der Waals surface area (Å²) >= 11 is 7.60. The standard InChI is InChI=1S/C22H17ClN4O2S/c23-18-8-12-19(13-9-18)26-21(14-16-4-2-1-3-5-16)24-25-22(26)30-15-17-6-10-20(11-7-17)27(28)29/h1-13H,14-15H2. The number of non-ortho nitro benzene ring substituents is 1. The molecule has 6 nitrogen and oxygen atoms in total. The molecule has 0 unspecified atom stereocenters. The molecule has 0 atom stereocenters. The van der Waals surface area contributed by atoms with Crippen molar-refractivity contribution in [3.8, 4) is 5.69 Å². The van der Waals surface area contributed by atoms with Crippen molar-refractivity contribution in [1.82, 2.24) is 14.8 Å². The first-order valence-corrected chi connectivity index (χ1v) is 10.6. The Bertz CT molecular complexity index is 1150. The van der Waals surface area contributed by atoms with E-state index in [4.69, 9.17) is 11.6 Å². The van der Waals surface area contributed by atoms with E-state index in [0.29, 0.717) is 17.2 Å². The van der Waals surface area contributed by atoms with Gasteiger partial charge in [0.1, 0.15) is 5.82 Å². The largest absolute Gasteiger partial charge is 0.274 e. The lowest BCUT2D eigenvalue weighted by atomic mass is 10.1. The Balaban J connectivity index is 1.61. The summed E-state index contributed by atoms with van der Waals surface area (Å²) in [5.41, 5.74) is 3.13. The van der Waals surface area contributed by atoms with Crippen LogP contribution >= 0.6 is 23.4 Å². The van der Waals surface area contributed by atoms with Crippen molar-refractivity contribution in [2.45, 2.75) is 17.3 Å². The fourth-order valence-electron chi connectivity index (χ4n) is 3.00. The Hall–Kier alpha value is -3.16.